The molecule has 0 radical (unpaired) electrons. The average molecular weight is 323 g/mol. The van der Waals surface area contributed by atoms with E-state index in [1.807, 2.05) is 32.0 Å². The highest BCUT2D eigenvalue weighted by atomic mass is 16.5. The van der Waals surface area contributed by atoms with Crippen LogP contribution in [0.4, 0.5) is 5.69 Å². The van der Waals surface area contributed by atoms with E-state index in [9.17, 15) is 4.79 Å². The molecule has 0 saturated carbocycles. The van der Waals surface area contributed by atoms with E-state index in [2.05, 4.69) is 25.5 Å². The van der Waals surface area contributed by atoms with Crippen molar-refractivity contribution < 1.29 is 9.53 Å². The first kappa shape index (κ1) is 15.7. The Morgan fingerprint density at radius 3 is 2.75 bits per heavy atom. The van der Waals surface area contributed by atoms with Gasteiger partial charge < -0.3 is 10.1 Å². The number of nitrogens with zero attached hydrogens (tertiary/aromatic N) is 3. The van der Waals surface area contributed by atoms with Crippen molar-refractivity contribution in [3.8, 4) is 17.3 Å². The van der Waals surface area contributed by atoms with Crippen LogP contribution in [0.3, 0.4) is 0 Å². The summed E-state index contributed by atoms with van der Waals surface area (Å²) in [6.07, 6.45) is 2.97. The molecule has 7 heteroatoms. The van der Waals surface area contributed by atoms with Crippen LogP contribution in [0.2, 0.25) is 0 Å². The maximum Gasteiger partial charge on any atom is 0.257 e. The van der Waals surface area contributed by atoms with Gasteiger partial charge in [-0.3, -0.25) is 9.89 Å². The van der Waals surface area contributed by atoms with Crippen LogP contribution in [0, 0.1) is 0 Å². The molecule has 0 aliphatic rings. The molecule has 122 valence electrons. The number of amides is 1. The van der Waals surface area contributed by atoms with Crippen LogP contribution in [0.25, 0.3) is 11.4 Å². The zero-order valence-electron chi connectivity index (χ0n) is 13.4. The lowest BCUT2D eigenvalue weighted by molar-refractivity contribution is 0.102. The molecule has 24 heavy (non-hydrogen) atoms. The highest BCUT2D eigenvalue weighted by Gasteiger charge is 2.09. The van der Waals surface area contributed by atoms with Crippen LogP contribution in [-0.2, 0) is 0 Å². The van der Waals surface area contributed by atoms with Gasteiger partial charge in [-0.25, -0.2) is 9.97 Å². The van der Waals surface area contributed by atoms with Crippen LogP contribution < -0.4 is 10.1 Å². The van der Waals surface area contributed by atoms with Crippen molar-refractivity contribution in [2.75, 3.05) is 5.32 Å². The predicted molar refractivity (Wildman–Crippen MR) is 89.8 cm³/mol. The number of benzene rings is 1. The second-order valence-corrected chi connectivity index (χ2v) is 5.42. The Morgan fingerprint density at radius 2 is 2.08 bits per heavy atom. The van der Waals surface area contributed by atoms with Gasteiger partial charge in [0.25, 0.3) is 5.91 Å². The van der Waals surface area contributed by atoms with Crippen molar-refractivity contribution in [1.29, 1.82) is 0 Å². The molecule has 0 spiro atoms. The fourth-order valence-electron chi connectivity index (χ4n) is 2.12. The molecule has 0 bridgehead atoms. The summed E-state index contributed by atoms with van der Waals surface area (Å²) in [5.41, 5.74) is 1.96. The molecule has 3 aromatic rings. The summed E-state index contributed by atoms with van der Waals surface area (Å²) in [6, 6.07) is 10.7. The number of anilines is 1. The molecular weight excluding hydrogens is 306 g/mol. The van der Waals surface area contributed by atoms with Gasteiger partial charge >= 0.3 is 0 Å². The van der Waals surface area contributed by atoms with Crippen LogP contribution in [-0.4, -0.2) is 32.2 Å². The maximum atomic E-state index is 12.3. The molecule has 2 aromatic heterocycles. The van der Waals surface area contributed by atoms with Gasteiger partial charge in [0.1, 0.15) is 6.33 Å². The van der Waals surface area contributed by atoms with Crippen LogP contribution in [0.5, 0.6) is 5.88 Å². The van der Waals surface area contributed by atoms with Crippen molar-refractivity contribution >= 4 is 11.6 Å². The second kappa shape index (κ2) is 6.91. The van der Waals surface area contributed by atoms with E-state index >= 15 is 0 Å². The number of rotatable bonds is 5. The number of hydrogen-bond acceptors (Lipinski definition) is 5. The smallest absolute Gasteiger partial charge is 0.257 e. The van der Waals surface area contributed by atoms with Gasteiger partial charge in [-0.2, -0.15) is 5.10 Å². The van der Waals surface area contributed by atoms with Gasteiger partial charge in [0, 0.05) is 23.5 Å². The van der Waals surface area contributed by atoms with Crippen LogP contribution in [0.1, 0.15) is 24.2 Å². The van der Waals surface area contributed by atoms with Crippen molar-refractivity contribution in [3.05, 3.63) is 54.5 Å². The largest absolute Gasteiger partial charge is 0.475 e. The van der Waals surface area contributed by atoms with Gasteiger partial charge in [-0.05, 0) is 32.0 Å². The minimum atomic E-state index is -0.242. The summed E-state index contributed by atoms with van der Waals surface area (Å²) in [7, 11) is 0. The van der Waals surface area contributed by atoms with Crippen molar-refractivity contribution in [2.24, 2.45) is 0 Å². The molecule has 2 N–H and O–H groups in total. The van der Waals surface area contributed by atoms with Crippen molar-refractivity contribution in [3.63, 3.8) is 0 Å². The number of carbonyl (C=O) groups excluding carboxylic acids is 1. The second-order valence-electron chi connectivity index (χ2n) is 5.42. The molecule has 2 heterocycles. The number of carbonyl (C=O) groups is 1. The lowest BCUT2D eigenvalue weighted by Crippen LogP contribution is -2.13. The summed E-state index contributed by atoms with van der Waals surface area (Å²) in [6.45, 7) is 3.84. The van der Waals surface area contributed by atoms with Gasteiger partial charge in [0.15, 0.2) is 5.82 Å². The van der Waals surface area contributed by atoms with E-state index in [1.54, 1.807) is 18.2 Å². The molecule has 3 rings (SSSR count). The molecule has 0 saturated heterocycles. The average Bonchev–Trinajstić information content (AvgIpc) is 3.10. The standard InChI is InChI=1S/C17H17N5O2/c1-11(2)24-15-7-6-13(9-18-15)17(23)21-14-5-3-4-12(8-14)16-19-10-20-22-16/h3-11H,1-2H3,(H,21,23)(H,19,20,22). The fourth-order valence-corrected chi connectivity index (χ4v) is 2.12. The van der Waals surface area contributed by atoms with Crippen molar-refractivity contribution in [1.82, 2.24) is 20.2 Å². The highest BCUT2D eigenvalue weighted by molar-refractivity contribution is 6.04. The third-order valence-electron chi connectivity index (χ3n) is 3.16. The summed E-state index contributed by atoms with van der Waals surface area (Å²) in [4.78, 5) is 20.5. The molecule has 0 fully saturated rings. The van der Waals surface area contributed by atoms with E-state index in [0.717, 1.165) is 5.56 Å². The van der Waals surface area contributed by atoms with Gasteiger partial charge in [0.2, 0.25) is 5.88 Å². The van der Waals surface area contributed by atoms with Crippen LogP contribution in [0.15, 0.2) is 48.9 Å². The lowest BCUT2D eigenvalue weighted by atomic mass is 10.2. The van der Waals surface area contributed by atoms with Gasteiger partial charge in [-0.15, -0.1) is 0 Å². The molecule has 0 aliphatic heterocycles. The van der Waals surface area contributed by atoms with E-state index in [-0.39, 0.29) is 12.0 Å². The van der Waals surface area contributed by atoms with E-state index < -0.39 is 0 Å². The summed E-state index contributed by atoms with van der Waals surface area (Å²) < 4.78 is 5.47. The normalized spacial score (nSPS) is 10.6. The molecule has 1 aromatic carbocycles. The number of H-pyrrole nitrogens is 1. The number of nitrogens with one attached hydrogen (secondary N) is 2. The minimum absolute atomic E-state index is 0.0380. The number of ether oxygens (including phenoxy) is 1. The van der Waals surface area contributed by atoms with Crippen molar-refractivity contribution in [2.45, 2.75) is 20.0 Å². The number of pyridine rings is 1. The summed E-state index contributed by atoms with van der Waals surface area (Å²) in [5.74, 6) is 0.894. The maximum absolute atomic E-state index is 12.3. The predicted octanol–water partition coefficient (Wildman–Crippen LogP) is 2.91. The Morgan fingerprint density at radius 1 is 1.21 bits per heavy atom. The Balaban J connectivity index is 1.72. The Labute approximate surface area is 139 Å². The van der Waals surface area contributed by atoms with E-state index in [4.69, 9.17) is 4.74 Å². The molecule has 0 aliphatic carbocycles. The lowest BCUT2D eigenvalue weighted by Gasteiger charge is -2.09. The third-order valence-corrected chi connectivity index (χ3v) is 3.16. The molecule has 7 nitrogen and oxygen atoms in total. The first-order valence-electron chi connectivity index (χ1n) is 7.51. The molecule has 0 unspecified atom stereocenters. The fraction of sp³-hybridized carbons (Fsp3) is 0.176. The summed E-state index contributed by atoms with van der Waals surface area (Å²) >= 11 is 0. The number of aromatic nitrogens is 4. The zero-order valence-corrected chi connectivity index (χ0v) is 13.4. The molecular formula is C17H17N5O2. The topological polar surface area (TPSA) is 92.8 Å². The minimum Gasteiger partial charge on any atom is -0.475 e. The zero-order chi connectivity index (χ0) is 16.9. The van der Waals surface area contributed by atoms with E-state index in [0.29, 0.717) is 23.0 Å². The first-order chi connectivity index (χ1) is 11.6. The van der Waals surface area contributed by atoms with Gasteiger partial charge in [0.05, 0.1) is 11.7 Å². The Hall–Kier alpha value is -3.22. The monoisotopic (exact) mass is 323 g/mol. The summed E-state index contributed by atoms with van der Waals surface area (Å²) in [5, 5.41) is 9.45. The first-order valence-corrected chi connectivity index (χ1v) is 7.51. The quantitative estimate of drug-likeness (QED) is 0.753. The molecule has 0 atom stereocenters. The number of aromatic amines is 1. The Bertz CT molecular complexity index is 813. The number of hydrogen-bond donors (Lipinski definition) is 2. The highest BCUT2D eigenvalue weighted by Crippen LogP contribution is 2.19. The SMILES string of the molecule is CC(C)Oc1ccc(C(=O)Nc2cccc(-c3ncn[nH]3)c2)cn1. The van der Waals surface area contributed by atoms with Crippen LogP contribution >= 0.6 is 0 Å². The van der Waals surface area contributed by atoms with Gasteiger partial charge in [-0.1, -0.05) is 12.1 Å². The molecule has 1 amide bonds. The third kappa shape index (κ3) is 3.75. The Kier molecular flexibility index (Phi) is 4.51. The van der Waals surface area contributed by atoms with E-state index in [1.165, 1.54) is 12.5 Å².